The lowest BCUT2D eigenvalue weighted by molar-refractivity contribution is 0.0784. The highest BCUT2D eigenvalue weighted by Crippen LogP contribution is 2.21. The van der Waals surface area contributed by atoms with Crippen LogP contribution in [0, 0.1) is 11.6 Å². The van der Waals surface area contributed by atoms with Gasteiger partial charge in [0.1, 0.15) is 17.3 Å². The first kappa shape index (κ1) is 14.9. The number of benzene rings is 1. The molecule has 0 bridgehead atoms. The van der Waals surface area contributed by atoms with Crippen molar-refractivity contribution < 1.29 is 13.6 Å². The quantitative estimate of drug-likeness (QED) is 0.942. The van der Waals surface area contributed by atoms with Crippen LogP contribution in [-0.2, 0) is 6.54 Å². The molecule has 6 heteroatoms. The van der Waals surface area contributed by atoms with Gasteiger partial charge in [-0.3, -0.25) is 9.78 Å². The Morgan fingerprint density at radius 2 is 1.81 bits per heavy atom. The minimum Gasteiger partial charge on any atom is -0.383 e. The van der Waals surface area contributed by atoms with E-state index in [0.29, 0.717) is 6.54 Å². The second kappa shape index (κ2) is 6.30. The standard InChI is InChI=1S/C15H15F2N3O/c1-18-14-12(16)7-11(8-13(14)17)15(21)20(2)9-10-3-5-19-6-4-10/h3-8,18H,9H2,1-2H3. The maximum Gasteiger partial charge on any atom is 0.254 e. The van der Waals surface area contributed by atoms with Crippen molar-refractivity contribution in [3.8, 4) is 0 Å². The van der Waals surface area contributed by atoms with Crippen molar-refractivity contribution in [1.29, 1.82) is 0 Å². The van der Waals surface area contributed by atoms with E-state index in [4.69, 9.17) is 0 Å². The van der Waals surface area contributed by atoms with Crippen LogP contribution in [0.2, 0.25) is 0 Å². The van der Waals surface area contributed by atoms with Crippen LogP contribution in [0.5, 0.6) is 0 Å². The second-order valence-corrected chi connectivity index (χ2v) is 4.58. The molecular formula is C15H15F2N3O. The number of nitrogens with one attached hydrogen (secondary N) is 1. The Kier molecular flexibility index (Phi) is 4.47. The molecule has 0 radical (unpaired) electrons. The van der Waals surface area contributed by atoms with E-state index in [1.54, 1.807) is 31.6 Å². The molecule has 1 aromatic heterocycles. The van der Waals surface area contributed by atoms with Gasteiger partial charge in [0.15, 0.2) is 0 Å². The van der Waals surface area contributed by atoms with E-state index in [2.05, 4.69) is 10.3 Å². The normalized spacial score (nSPS) is 10.3. The molecule has 0 atom stereocenters. The fraction of sp³-hybridized carbons (Fsp3) is 0.200. The predicted octanol–water partition coefficient (Wildman–Crippen LogP) is 2.67. The van der Waals surface area contributed by atoms with Gasteiger partial charge in [0, 0.05) is 38.6 Å². The largest absolute Gasteiger partial charge is 0.383 e. The first-order valence-corrected chi connectivity index (χ1v) is 6.34. The molecule has 110 valence electrons. The first-order chi connectivity index (χ1) is 10.0. The van der Waals surface area contributed by atoms with Gasteiger partial charge in [-0.25, -0.2) is 8.78 Å². The van der Waals surface area contributed by atoms with Gasteiger partial charge in [-0.05, 0) is 29.8 Å². The van der Waals surface area contributed by atoms with Gasteiger partial charge >= 0.3 is 0 Å². The van der Waals surface area contributed by atoms with Gasteiger partial charge in [0.25, 0.3) is 5.91 Å². The Labute approximate surface area is 121 Å². The summed E-state index contributed by atoms with van der Waals surface area (Å²) in [4.78, 5) is 17.5. The molecule has 0 fully saturated rings. The third-order valence-electron chi connectivity index (χ3n) is 3.05. The van der Waals surface area contributed by atoms with E-state index < -0.39 is 17.5 Å². The van der Waals surface area contributed by atoms with E-state index in [0.717, 1.165) is 17.7 Å². The van der Waals surface area contributed by atoms with Gasteiger partial charge in [-0.15, -0.1) is 0 Å². The summed E-state index contributed by atoms with van der Waals surface area (Å²) >= 11 is 0. The number of anilines is 1. The summed E-state index contributed by atoms with van der Waals surface area (Å²) in [5, 5.41) is 2.42. The monoisotopic (exact) mass is 291 g/mol. The fourth-order valence-corrected chi connectivity index (χ4v) is 1.99. The first-order valence-electron chi connectivity index (χ1n) is 6.34. The summed E-state index contributed by atoms with van der Waals surface area (Å²) in [5.41, 5.74) is 0.609. The smallest absolute Gasteiger partial charge is 0.254 e. The van der Waals surface area contributed by atoms with Crippen molar-refractivity contribution in [2.75, 3.05) is 19.4 Å². The van der Waals surface area contributed by atoms with Crippen molar-refractivity contribution in [3.05, 3.63) is 59.4 Å². The number of carbonyl (C=O) groups is 1. The molecule has 4 nitrogen and oxygen atoms in total. The molecule has 0 spiro atoms. The number of amides is 1. The van der Waals surface area contributed by atoms with Crippen molar-refractivity contribution in [3.63, 3.8) is 0 Å². The van der Waals surface area contributed by atoms with Crippen LogP contribution in [0.15, 0.2) is 36.7 Å². The zero-order valence-electron chi connectivity index (χ0n) is 11.7. The summed E-state index contributed by atoms with van der Waals surface area (Å²) in [6, 6.07) is 5.60. The third kappa shape index (κ3) is 3.34. The van der Waals surface area contributed by atoms with E-state index >= 15 is 0 Å². The minimum absolute atomic E-state index is 0.0273. The molecule has 1 heterocycles. The highest BCUT2D eigenvalue weighted by molar-refractivity contribution is 5.94. The Morgan fingerprint density at radius 1 is 1.24 bits per heavy atom. The maximum atomic E-state index is 13.7. The van der Waals surface area contributed by atoms with Gasteiger partial charge in [0.05, 0.1) is 0 Å². The Balaban J connectivity index is 2.20. The van der Waals surface area contributed by atoms with Crippen LogP contribution in [0.1, 0.15) is 15.9 Å². The third-order valence-corrected chi connectivity index (χ3v) is 3.05. The van der Waals surface area contributed by atoms with Crippen LogP contribution < -0.4 is 5.32 Å². The van der Waals surface area contributed by atoms with E-state index in [-0.39, 0.29) is 11.3 Å². The molecule has 1 amide bonds. The number of halogens is 2. The molecule has 21 heavy (non-hydrogen) atoms. The Morgan fingerprint density at radius 3 is 2.33 bits per heavy atom. The zero-order chi connectivity index (χ0) is 15.4. The minimum atomic E-state index is -0.793. The highest BCUT2D eigenvalue weighted by Gasteiger charge is 2.17. The molecule has 0 unspecified atom stereocenters. The maximum absolute atomic E-state index is 13.7. The molecule has 0 aliphatic carbocycles. The highest BCUT2D eigenvalue weighted by atomic mass is 19.1. The molecule has 1 aromatic carbocycles. The second-order valence-electron chi connectivity index (χ2n) is 4.58. The summed E-state index contributed by atoms with van der Waals surface area (Å²) in [7, 11) is 2.99. The zero-order valence-corrected chi connectivity index (χ0v) is 11.7. The van der Waals surface area contributed by atoms with Gasteiger partial charge in [-0.2, -0.15) is 0 Å². The predicted molar refractivity (Wildman–Crippen MR) is 75.9 cm³/mol. The number of carbonyl (C=O) groups excluding carboxylic acids is 1. The number of pyridine rings is 1. The van der Waals surface area contributed by atoms with Crippen molar-refractivity contribution >= 4 is 11.6 Å². The average molecular weight is 291 g/mol. The Bertz CT molecular complexity index is 624. The van der Waals surface area contributed by atoms with E-state index in [9.17, 15) is 13.6 Å². The number of aromatic nitrogens is 1. The lowest BCUT2D eigenvalue weighted by Gasteiger charge is -2.18. The van der Waals surface area contributed by atoms with Crippen LogP contribution in [0.3, 0.4) is 0 Å². The van der Waals surface area contributed by atoms with Crippen molar-refractivity contribution in [2.45, 2.75) is 6.54 Å². The lowest BCUT2D eigenvalue weighted by Crippen LogP contribution is -2.26. The topological polar surface area (TPSA) is 45.2 Å². The number of hydrogen-bond donors (Lipinski definition) is 1. The molecule has 0 saturated heterocycles. The summed E-state index contributed by atoms with van der Waals surface area (Å²) in [6.45, 7) is 0.332. The van der Waals surface area contributed by atoms with Crippen LogP contribution in [-0.4, -0.2) is 29.9 Å². The average Bonchev–Trinajstić information content (AvgIpc) is 2.47. The fourth-order valence-electron chi connectivity index (χ4n) is 1.99. The summed E-state index contributed by atoms with van der Waals surface area (Å²) in [5.74, 6) is -2.04. The molecule has 0 aliphatic rings. The number of hydrogen-bond acceptors (Lipinski definition) is 3. The molecule has 1 N–H and O–H groups in total. The summed E-state index contributed by atoms with van der Waals surface area (Å²) in [6.07, 6.45) is 3.24. The number of rotatable bonds is 4. The SMILES string of the molecule is CNc1c(F)cc(C(=O)N(C)Cc2ccncc2)cc1F. The lowest BCUT2D eigenvalue weighted by atomic mass is 10.1. The van der Waals surface area contributed by atoms with Gasteiger partial charge in [0.2, 0.25) is 0 Å². The van der Waals surface area contributed by atoms with Crippen molar-refractivity contribution in [2.24, 2.45) is 0 Å². The van der Waals surface area contributed by atoms with Crippen LogP contribution in [0.4, 0.5) is 14.5 Å². The van der Waals surface area contributed by atoms with Gasteiger partial charge in [-0.1, -0.05) is 0 Å². The van der Waals surface area contributed by atoms with E-state index in [1.807, 2.05) is 0 Å². The van der Waals surface area contributed by atoms with E-state index in [1.165, 1.54) is 11.9 Å². The molecule has 0 saturated carbocycles. The molecule has 0 aliphatic heterocycles. The van der Waals surface area contributed by atoms with Crippen LogP contribution in [0.25, 0.3) is 0 Å². The van der Waals surface area contributed by atoms with Crippen molar-refractivity contribution in [1.82, 2.24) is 9.88 Å². The van der Waals surface area contributed by atoms with Gasteiger partial charge < -0.3 is 10.2 Å². The summed E-state index contributed by atoms with van der Waals surface area (Å²) < 4.78 is 27.4. The Hall–Kier alpha value is -2.50. The molecule has 2 aromatic rings. The molecule has 2 rings (SSSR count). The molecular weight excluding hydrogens is 276 g/mol. The van der Waals surface area contributed by atoms with Crippen LogP contribution >= 0.6 is 0 Å². The number of nitrogens with zero attached hydrogens (tertiary/aromatic N) is 2.